The quantitative estimate of drug-likeness (QED) is 0.498. The van der Waals surface area contributed by atoms with Crippen molar-refractivity contribution in [1.29, 1.82) is 5.26 Å². The van der Waals surface area contributed by atoms with E-state index in [2.05, 4.69) is 10.1 Å². The molecule has 5 nitrogen and oxygen atoms in total. The molecule has 0 aliphatic carbocycles. The van der Waals surface area contributed by atoms with Gasteiger partial charge in [-0.15, -0.1) is 0 Å². The van der Waals surface area contributed by atoms with Crippen molar-refractivity contribution in [2.75, 3.05) is 11.4 Å². The van der Waals surface area contributed by atoms with Crippen LogP contribution in [0.1, 0.15) is 28.1 Å². The standard InChI is InChI=1S/C20H11F7N4O/c21-13-6-11(5-12(7-13)19(22,23)24)18-29-16(30-32-18)9-31-4-3-14-15(31)2-1-10(8-28)17(14)20(25,26)27/h1-2,5-7H,3-4,9H2. The lowest BCUT2D eigenvalue weighted by Crippen LogP contribution is -2.20. The lowest BCUT2D eigenvalue weighted by atomic mass is 9.99. The summed E-state index contributed by atoms with van der Waals surface area (Å²) < 4.78 is 97.7. The van der Waals surface area contributed by atoms with Gasteiger partial charge in [0.25, 0.3) is 5.89 Å². The highest BCUT2D eigenvalue weighted by molar-refractivity contribution is 5.65. The second-order valence-corrected chi connectivity index (χ2v) is 7.01. The predicted molar refractivity (Wildman–Crippen MR) is 95.6 cm³/mol. The van der Waals surface area contributed by atoms with Gasteiger partial charge in [-0.1, -0.05) is 5.16 Å². The van der Waals surface area contributed by atoms with E-state index in [9.17, 15) is 30.7 Å². The van der Waals surface area contributed by atoms with Crippen LogP contribution >= 0.6 is 0 Å². The molecule has 0 spiro atoms. The number of nitrogens with zero attached hydrogens (tertiary/aromatic N) is 4. The van der Waals surface area contributed by atoms with Gasteiger partial charge in [0.15, 0.2) is 5.82 Å². The van der Waals surface area contributed by atoms with Crippen molar-refractivity contribution in [3.63, 3.8) is 0 Å². The van der Waals surface area contributed by atoms with Gasteiger partial charge in [-0.2, -0.15) is 36.6 Å². The van der Waals surface area contributed by atoms with Crippen LogP contribution in [0.5, 0.6) is 0 Å². The number of nitriles is 1. The molecule has 0 amide bonds. The summed E-state index contributed by atoms with van der Waals surface area (Å²) >= 11 is 0. The maximum absolute atomic E-state index is 13.6. The highest BCUT2D eigenvalue weighted by Crippen LogP contribution is 2.42. The largest absolute Gasteiger partial charge is 0.418 e. The molecule has 0 unspecified atom stereocenters. The molecular formula is C20H11F7N4O. The van der Waals surface area contributed by atoms with Crippen molar-refractivity contribution < 1.29 is 35.3 Å². The van der Waals surface area contributed by atoms with Gasteiger partial charge in [0, 0.05) is 17.8 Å². The first-order chi connectivity index (χ1) is 15.0. The van der Waals surface area contributed by atoms with Crippen LogP contribution in [-0.2, 0) is 25.3 Å². The third-order valence-corrected chi connectivity index (χ3v) is 4.94. The van der Waals surface area contributed by atoms with E-state index in [0.717, 1.165) is 12.1 Å². The summed E-state index contributed by atoms with van der Waals surface area (Å²) in [6.45, 7) is 0.0799. The molecule has 2 heterocycles. The molecule has 1 aliphatic heterocycles. The molecule has 0 N–H and O–H groups in total. The molecule has 4 rings (SSSR count). The zero-order valence-electron chi connectivity index (χ0n) is 15.9. The Morgan fingerprint density at radius 1 is 1.06 bits per heavy atom. The van der Waals surface area contributed by atoms with Crippen molar-refractivity contribution in [3.8, 4) is 17.5 Å². The fraction of sp³-hybridized carbons (Fsp3) is 0.250. The van der Waals surface area contributed by atoms with Gasteiger partial charge < -0.3 is 9.42 Å². The Morgan fingerprint density at radius 2 is 1.81 bits per heavy atom. The molecule has 0 radical (unpaired) electrons. The van der Waals surface area contributed by atoms with Gasteiger partial charge in [-0.05, 0) is 42.3 Å². The predicted octanol–water partition coefficient (Wildman–Crippen LogP) is 5.35. The number of benzene rings is 2. The van der Waals surface area contributed by atoms with E-state index in [1.54, 1.807) is 6.07 Å². The minimum Gasteiger partial charge on any atom is -0.363 e. The molecule has 0 fully saturated rings. The molecule has 166 valence electrons. The molecule has 0 saturated heterocycles. The highest BCUT2D eigenvalue weighted by Gasteiger charge is 2.39. The molecule has 2 aromatic carbocycles. The summed E-state index contributed by atoms with van der Waals surface area (Å²) in [5, 5.41) is 12.7. The van der Waals surface area contributed by atoms with Crippen LogP contribution in [0.2, 0.25) is 0 Å². The SMILES string of the molecule is N#Cc1ccc2c(c1C(F)(F)F)CCN2Cc1noc(-c2cc(F)cc(C(F)(F)F)c2)n1. The van der Waals surface area contributed by atoms with Crippen LogP contribution < -0.4 is 4.90 Å². The van der Waals surface area contributed by atoms with E-state index in [0.29, 0.717) is 12.1 Å². The Hall–Kier alpha value is -3.62. The van der Waals surface area contributed by atoms with Gasteiger partial charge in [0.1, 0.15) is 5.82 Å². The van der Waals surface area contributed by atoms with Crippen molar-refractivity contribution in [1.82, 2.24) is 10.1 Å². The van der Waals surface area contributed by atoms with E-state index in [-0.39, 0.29) is 48.0 Å². The zero-order chi connectivity index (χ0) is 23.3. The molecule has 1 aliphatic rings. The van der Waals surface area contributed by atoms with E-state index < -0.39 is 34.9 Å². The summed E-state index contributed by atoms with van der Waals surface area (Å²) in [5.74, 6) is -1.51. The van der Waals surface area contributed by atoms with Gasteiger partial charge in [0.05, 0.1) is 29.3 Å². The van der Waals surface area contributed by atoms with Crippen LogP contribution in [0.25, 0.3) is 11.5 Å². The lowest BCUT2D eigenvalue weighted by molar-refractivity contribution is -0.138. The van der Waals surface area contributed by atoms with E-state index >= 15 is 0 Å². The van der Waals surface area contributed by atoms with Crippen molar-refractivity contribution in [2.24, 2.45) is 0 Å². The number of halogens is 7. The summed E-state index contributed by atoms with van der Waals surface area (Å²) in [6, 6.07) is 5.80. The molecular weight excluding hydrogens is 445 g/mol. The number of hydrogen-bond acceptors (Lipinski definition) is 5. The summed E-state index contributed by atoms with van der Waals surface area (Å²) in [7, 11) is 0. The maximum atomic E-state index is 13.6. The van der Waals surface area contributed by atoms with Gasteiger partial charge in [-0.25, -0.2) is 4.39 Å². The number of alkyl halides is 6. The number of rotatable bonds is 3. The number of anilines is 1. The van der Waals surface area contributed by atoms with E-state index in [4.69, 9.17) is 9.78 Å². The minimum atomic E-state index is -4.78. The lowest BCUT2D eigenvalue weighted by Gasteiger charge is -2.19. The molecule has 32 heavy (non-hydrogen) atoms. The van der Waals surface area contributed by atoms with E-state index in [1.807, 2.05) is 0 Å². The molecule has 0 atom stereocenters. The molecule has 0 bridgehead atoms. The van der Waals surface area contributed by atoms with Crippen molar-refractivity contribution >= 4 is 5.69 Å². The molecule has 0 saturated carbocycles. The summed E-state index contributed by atoms with van der Waals surface area (Å²) in [4.78, 5) is 5.49. The monoisotopic (exact) mass is 456 g/mol. The van der Waals surface area contributed by atoms with Gasteiger partial charge in [-0.3, -0.25) is 0 Å². The topological polar surface area (TPSA) is 66.0 Å². The Balaban J connectivity index is 1.62. The number of fused-ring (bicyclic) bond motifs is 1. The second-order valence-electron chi connectivity index (χ2n) is 7.01. The number of aromatic nitrogens is 2. The summed E-state index contributed by atoms with van der Waals surface area (Å²) in [6.07, 6.45) is -9.46. The smallest absolute Gasteiger partial charge is 0.363 e. The third kappa shape index (κ3) is 3.98. The van der Waals surface area contributed by atoms with Crippen LogP contribution in [-0.4, -0.2) is 16.7 Å². The van der Waals surface area contributed by atoms with Crippen LogP contribution in [0, 0.1) is 17.1 Å². The first-order valence-electron chi connectivity index (χ1n) is 9.06. The highest BCUT2D eigenvalue weighted by atomic mass is 19.4. The average Bonchev–Trinajstić information content (AvgIpc) is 3.33. The van der Waals surface area contributed by atoms with Gasteiger partial charge in [0.2, 0.25) is 0 Å². The number of hydrogen-bond donors (Lipinski definition) is 0. The first-order valence-corrected chi connectivity index (χ1v) is 9.06. The summed E-state index contributed by atoms with van der Waals surface area (Å²) in [5.41, 5.74) is -2.77. The Kier molecular flexibility index (Phi) is 5.07. The van der Waals surface area contributed by atoms with Gasteiger partial charge >= 0.3 is 12.4 Å². The normalized spacial score (nSPS) is 13.9. The Bertz CT molecular complexity index is 1220. The Labute approximate surface area is 175 Å². The van der Waals surface area contributed by atoms with E-state index in [1.165, 1.54) is 11.0 Å². The minimum absolute atomic E-state index is 0.0106. The van der Waals surface area contributed by atoms with Crippen molar-refractivity contribution in [3.05, 3.63) is 64.2 Å². The van der Waals surface area contributed by atoms with Crippen LogP contribution in [0.15, 0.2) is 34.9 Å². The first kappa shape index (κ1) is 21.6. The zero-order valence-corrected chi connectivity index (χ0v) is 15.9. The molecule has 3 aromatic rings. The fourth-order valence-electron chi connectivity index (χ4n) is 3.62. The fourth-order valence-corrected chi connectivity index (χ4v) is 3.62. The Morgan fingerprint density at radius 3 is 2.47 bits per heavy atom. The molecule has 12 heteroatoms. The van der Waals surface area contributed by atoms with Crippen LogP contribution in [0.3, 0.4) is 0 Å². The molecule has 1 aromatic heterocycles. The second kappa shape index (κ2) is 7.51. The maximum Gasteiger partial charge on any atom is 0.418 e. The van der Waals surface area contributed by atoms with Crippen molar-refractivity contribution in [2.45, 2.75) is 25.3 Å². The third-order valence-electron chi connectivity index (χ3n) is 4.94. The van der Waals surface area contributed by atoms with Crippen LogP contribution in [0.4, 0.5) is 36.4 Å². The average molecular weight is 456 g/mol.